The Balaban J connectivity index is 1.86. The quantitative estimate of drug-likeness (QED) is 0.705. The summed E-state index contributed by atoms with van der Waals surface area (Å²) in [7, 11) is 0. The first-order valence-electron chi connectivity index (χ1n) is 5.30. The monoisotopic (exact) mass is 255 g/mol. The van der Waals surface area contributed by atoms with Gasteiger partial charge in [0.25, 0.3) is 0 Å². The number of carbonyl (C=O) groups excluding carboxylic acids is 2. The molecule has 0 radical (unpaired) electrons. The first kappa shape index (κ1) is 11.8. The summed E-state index contributed by atoms with van der Waals surface area (Å²) in [6.07, 6.45) is 1.53. The maximum absolute atomic E-state index is 11.6. The van der Waals surface area contributed by atoms with E-state index in [0.717, 1.165) is 11.4 Å². The van der Waals surface area contributed by atoms with E-state index in [1.54, 1.807) is 6.92 Å². The Morgan fingerprint density at radius 2 is 2.35 bits per heavy atom. The third-order valence-electron chi connectivity index (χ3n) is 2.34. The van der Waals surface area contributed by atoms with E-state index in [4.69, 9.17) is 0 Å². The number of amides is 3. The lowest BCUT2D eigenvalue weighted by molar-refractivity contribution is -0.124. The van der Waals surface area contributed by atoms with Crippen LogP contribution in [0.25, 0.3) is 0 Å². The topological polar surface area (TPSA) is 96.0 Å². The van der Waals surface area contributed by atoms with Crippen LogP contribution in [0.1, 0.15) is 17.8 Å². The highest BCUT2D eigenvalue weighted by Crippen LogP contribution is 2.13. The summed E-state index contributed by atoms with van der Waals surface area (Å²) in [6.45, 7) is 2.48. The normalized spacial score (nSPS) is 19.6. The minimum Gasteiger partial charge on any atom is -0.354 e. The van der Waals surface area contributed by atoms with Crippen molar-refractivity contribution in [3.63, 3.8) is 0 Å². The molecule has 0 aliphatic carbocycles. The number of nitrogens with one attached hydrogen (secondary N) is 3. The van der Waals surface area contributed by atoms with E-state index < -0.39 is 12.1 Å². The summed E-state index contributed by atoms with van der Waals surface area (Å²) in [5.74, 6) is -0.139. The third-order valence-corrected chi connectivity index (χ3v) is 3.09. The highest BCUT2D eigenvalue weighted by molar-refractivity contribution is 7.15. The van der Waals surface area contributed by atoms with Crippen LogP contribution in [0.5, 0.6) is 0 Å². The van der Waals surface area contributed by atoms with E-state index in [-0.39, 0.29) is 5.91 Å². The van der Waals surface area contributed by atoms with Gasteiger partial charge in [0.15, 0.2) is 0 Å². The molecular formula is C9H13N5O2S. The lowest BCUT2D eigenvalue weighted by Crippen LogP contribution is -2.51. The van der Waals surface area contributed by atoms with Crippen molar-refractivity contribution in [3.8, 4) is 0 Å². The number of aryl methyl sites for hydroxylation is 1. The molecule has 0 saturated carbocycles. The average molecular weight is 255 g/mol. The van der Waals surface area contributed by atoms with Gasteiger partial charge in [-0.05, 0) is 19.8 Å². The first-order chi connectivity index (χ1) is 8.15. The number of hydrogen-bond donors (Lipinski definition) is 3. The van der Waals surface area contributed by atoms with Crippen LogP contribution in [0.3, 0.4) is 0 Å². The van der Waals surface area contributed by atoms with Gasteiger partial charge in [0, 0.05) is 6.54 Å². The van der Waals surface area contributed by atoms with Crippen molar-refractivity contribution >= 4 is 28.4 Å². The second-order valence-corrected chi connectivity index (χ2v) is 4.89. The van der Waals surface area contributed by atoms with Crippen molar-refractivity contribution in [2.45, 2.75) is 25.8 Å². The van der Waals surface area contributed by atoms with Crippen LogP contribution in [-0.4, -0.2) is 34.7 Å². The van der Waals surface area contributed by atoms with Crippen LogP contribution < -0.4 is 16.0 Å². The summed E-state index contributed by atoms with van der Waals surface area (Å²) in [5, 5.41) is 16.6. The van der Waals surface area contributed by atoms with E-state index in [9.17, 15) is 9.59 Å². The lowest BCUT2D eigenvalue weighted by atomic mass is 10.1. The van der Waals surface area contributed by atoms with E-state index in [1.807, 2.05) is 0 Å². The molecule has 0 spiro atoms. The number of anilines is 1. The molecule has 0 aromatic carbocycles. The van der Waals surface area contributed by atoms with Crippen molar-refractivity contribution in [1.82, 2.24) is 20.8 Å². The second-order valence-electron chi connectivity index (χ2n) is 3.71. The van der Waals surface area contributed by atoms with Gasteiger partial charge < -0.3 is 10.6 Å². The van der Waals surface area contributed by atoms with Crippen molar-refractivity contribution in [3.05, 3.63) is 5.01 Å². The molecule has 2 rings (SSSR count). The SMILES string of the molecule is Cc1nnc(NC(=O)NC2CCCNC2=O)s1. The van der Waals surface area contributed by atoms with Gasteiger partial charge in [0.05, 0.1) is 0 Å². The molecule has 1 aliphatic rings. The van der Waals surface area contributed by atoms with Gasteiger partial charge in [-0.15, -0.1) is 10.2 Å². The Kier molecular flexibility index (Phi) is 3.52. The molecule has 92 valence electrons. The van der Waals surface area contributed by atoms with Gasteiger partial charge in [0.1, 0.15) is 11.0 Å². The van der Waals surface area contributed by atoms with E-state index in [0.29, 0.717) is 18.1 Å². The summed E-state index contributed by atoms with van der Waals surface area (Å²) < 4.78 is 0. The maximum Gasteiger partial charge on any atom is 0.321 e. The summed E-state index contributed by atoms with van der Waals surface area (Å²) in [5.41, 5.74) is 0. The predicted molar refractivity (Wildman–Crippen MR) is 62.8 cm³/mol. The van der Waals surface area contributed by atoms with Crippen LogP contribution in [0, 0.1) is 6.92 Å². The van der Waals surface area contributed by atoms with Crippen molar-refractivity contribution in [2.75, 3.05) is 11.9 Å². The zero-order chi connectivity index (χ0) is 12.3. The number of carbonyl (C=O) groups is 2. The van der Waals surface area contributed by atoms with Crippen LogP contribution >= 0.6 is 11.3 Å². The van der Waals surface area contributed by atoms with Gasteiger partial charge in [-0.3, -0.25) is 10.1 Å². The molecule has 1 saturated heterocycles. The summed E-state index contributed by atoms with van der Waals surface area (Å²) in [4.78, 5) is 23.0. The van der Waals surface area contributed by atoms with Gasteiger partial charge in [-0.25, -0.2) is 4.79 Å². The molecule has 1 aliphatic heterocycles. The summed E-state index contributed by atoms with van der Waals surface area (Å²) in [6, 6.07) is -0.888. The molecule has 8 heteroatoms. The minimum atomic E-state index is -0.460. The molecular weight excluding hydrogens is 242 g/mol. The largest absolute Gasteiger partial charge is 0.354 e. The second kappa shape index (κ2) is 5.09. The van der Waals surface area contributed by atoms with Gasteiger partial charge in [-0.1, -0.05) is 11.3 Å². The number of rotatable bonds is 2. The Bertz CT molecular complexity index is 433. The van der Waals surface area contributed by atoms with Crippen LogP contribution in [0.4, 0.5) is 9.93 Å². The van der Waals surface area contributed by atoms with Gasteiger partial charge >= 0.3 is 6.03 Å². The Hall–Kier alpha value is -1.70. The number of urea groups is 1. The molecule has 1 unspecified atom stereocenters. The standard InChI is InChI=1S/C9H13N5O2S/c1-5-13-14-9(17-5)12-8(16)11-6-3-2-4-10-7(6)15/h6H,2-4H2,1H3,(H,10,15)(H2,11,12,14,16). The van der Waals surface area contributed by atoms with Crippen LogP contribution in [0.15, 0.2) is 0 Å². The fourth-order valence-electron chi connectivity index (χ4n) is 1.55. The number of hydrogen-bond acceptors (Lipinski definition) is 5. The molecule has 7 nitrogen and oxygen atoms in total. The van der Waals surface area contributed by atoms with E-state index in [2.05, 4.69) is 26.1 Å². The van der Waals surface area contributed by atoms with E-state index >= 15 is 0 Å². The molecule has 1 fully saturated rings. The zero-order valence-electron chi connectivity index (χ0n) is 9.32. The Morgan fingerprint density at radius 1 is 1.53 bits per heavy atom. The third kappa shape index (κ3) is 3.13. The first-order valence-corrected chi connectivity index (χ1v) is 6.12. The highest BCUT2D eigenvalue weighted by atomic mass is 32.1. The summed E-state index contributed by atoms with van der Waals surface area (Å²) >= 11 is 1.28. The smallest absolute Gasteiger partial charge is 0.321 e. The minimum absolute atomic E-state index is 0.139. The lowest BCUT2D eigenvalue weighted by Gasteiger charge is -2.22. The molecule has 1 atom stereocenters. The molecule has 0 bridgehead atoms. The van der Waals surface area contributed by atoms with Crippen LogP contribution in [-0.2, 0) is 4.79 Å². The molecule has 3 N–H and O–H groups in total. The van der Waals surface area contributed by atoms with Crippen LogP contribution in [0.2, 0.25) is 0 Å². The molecule has 1 aromatic heterocycles. The van der Waals surface area contributed by atoms with Gasteiger partial charge in [0.2, 0.25) is 11.0 Å². The fourth-order valence-corrected chi connectivity index (χ4v) is 2.14. The molecule has 1 aromatic rings. The van der Waals surface area contributed by atoms with Crippen molar-refractivity contribution < 1.29 is 9.59 Å². The van der Waals surface area contributed by atoms with E-state index in [1.165, 1.54) is 11.3 Å². The molecule has 3 amide bonds. The van der Waals surface area contributed by atoms with Crippen molar-refractivity contribution in [2.24, 2.45) is 0 Å². The molecule has 17 heavy (non-hydrogen) atoms. The van der Waals surface area contributed by atoms with Crippen molar-refractivity contribution in [1.29, 1.82) is 0 Å². The average Bonchev–Trinajstić information content (AvgIpc) is 2.67. The Morgan fingerprint density at radius 3 is 3.00 bits per heavy atom. The Labute approximate surface area is 102 Å². The zero-order valence-corrected chi connectivity index (χ0v) is 10.1. The number of piperidine rings is 1. The highest BCUT2D eigenvalue weighted by Gasteiger charge is 2.23. The molecule has 2 heterocycles. The number of aromatic nitrogens is 2. The predicted octanol–water partition coefficient (Wildman–Crippen LogP) is 0.247. The van der Waals surface area contributed by atoms with Gasteiger partial charge in [-0.2, -0.15) is 0 Å². The number of nitrogens with zero attached hydrogens (tertiary/aromatic N) is 2. The fraction of sp³-hybridized carbons (Fsp3) is 0.556. The maximum atomic E-state index is 11.6.